The lowest BCUT2D eigenvalue weighted by Gasteiger charge is -2.07. The fourth-order valence-electron chi connectivity index (χ4n) is 0.796. The maximum Gasteiger partial charge on any atom is 0.166 e. The predicted octanol–water partition coefficient (Wildman–Crippen LogP) is 0.897. The van der Waals surface area contributed by atoms with E-state index < -0.39 is 0 Å². The van der Waals surface area contributed by atoms with Crippen molar-refractivity contribution in [1.82, 2.24) is 10.6 Å². The molecule has 0 saturated heterocycles. The molecule has 0 bridgehead atoms. The van der Waals surface area contributed by atoms with Gasteiger partial charge in [-0.3, -0.25) is 0 Å². The Hall–Kier alpha value is -0.350. The minimum absolute atomic E-state index is 0.745. The molecule has 0 aliphatic carbocycles. The van der Waals surface area contributed by atoms with Crippen LogP contribution in [-0.2, 0) is 4.74 Å². The van der Waals surface area contributed by atoms with Crippen molar-refractivity contribution in [3.8, 4) is 0 Å². The lowest BCUT2D eigenvalue weighted by molar-refractivity contribution is 0.193. The van der Waals surface area contributed by atoms with Crippen LogP contribution in [0.5, 0.6) is 0 Å². The Balaban J connectivity index is 3.03. The number of rotatable bonds is 6. The van der Waals surface area contributed by atoms with E-state index in [1.165, 1.54) is 0 Å². The van der Waals surface area contributed by atoms with Crippen LogP contribution < -0.4 is 10.6 Å². The summed E-state index contributed by atoms with van der Waals surface area (Å²) in [5.74, 6) is 0. The second-order valence-corrected chi connectivity index (χ2v) is 2.89. The number of methoxy groups -OCH3 is 1. The molecule has 0 heterocycles. The number of thiocarbonyl (C=S) groups is 1. The van der Waals surface area contributed by atoms with Gasteiger partial charge in [0, 0.05) is 26.8 Å². The average molecular weight is 190 g/mol. The van der Waals surface area contributed by atoms with Crippen LogP contribution in [0.4, 0.5) is 0 Å². The first-order valence-corrected chi connectivity index (χ1v) is 4.72. The Morgan fingerprint density at radius 2 is 2.08 bits per heavy atom. The lowest BCUT2D eigenvalue weighted by atomic mass is 10.3. The highest BCUT2D eigenvalue weighted by Crippen LogP contribution is 1.86. The third-order valence-electron chi connectivity index (χ3n) is 1.40. The number of hydrogen-bond acceptors (Lipinski definition) is 2. The van der Waals surface area contributed by atoms with E-state index in [0.717, 1.165) is 37.7 Å². The van der Waals surface area contributed by atoms with Crippen molar-refractivity contribution in [1.29, 1.82) is 0 Å². The summed E-state index contributed by atoms with van der Waals surface area (Å²) < 4.78 is 4.92. The molecule has 72 valence electrons. The van der Waals surface area contributed by atoms with Crippen molar-refractivity contribution in [2.45, 2.75) is 19.8 Å². The monoisotopic (exact) mass is 190 g/mol. The summed E-state index contributed by atoms with van der Waals surface area (Å²) in [5, 5.41) is 6.88. The second-order valence-electron chi connectivity index (χ2n) is 2.49. The molecule has 0 fully saturated rings. The first kappa shape index (κ1) is 11.6. The van der Waals surface area contributed by atoms with Gasteiger partial charge in [0.15, 0.2) is 5.11 Å². The zero-order valence-corrected chi connectivity index (χ0v) is 8.67. The Bertz CT molecular complexity index is 120. The molecule has 0 aromatic rings. The molecule has 0 spiro atoms. The quantitative estimate of drug-likeness (QED) is 0.481. The molecule has 0 aliphatic heterocycles. The van der Waals surface area contributed by atoms with E-state index >= 15 is 0 Å². The van der Waals surface area contributed by atoms with Crippen molar-refractivity contribution in [3.05, 3.63) is 0 Å². The van der Waals surface area contributed by atoms with Gasteiger partial charge in [0.25, 0.3) is 0 Å². The minimum Gasteiger partial charge on any atom is -0.385 e. The second kappa shape index (κ2) is 8.74. The van der Waals surface area contributed by atoms with Gasteiger partial charge in [-0.25, -0.2) is 0 Å². The third kappa shape index (κ3) is 7.75. The van der Waals surface area contributed by atoms with Gasteiger partial charge in [0.2, 0.25) is 0 Å². The van der Waals surface area contributed by atoms with Crippen LogP contribution in [0, 0.1) is 0 Å². The van der Waals surface area contributed by atoms with Crippen molar-refractivity contribution in [3.63, 3.8) is 0 Å². The Morgan fingerprint density at radius 3 is 2.67 bits per heavy atom. The molecule has 0 aromatic heterocycles. The normalized spacial score (nSPS) is 9.50. The van der Waals surface area contributed by atoms with Crippen LogP contribution in [0.3, 0.4) is 0 Å². The number of nitrogens with one attached hydrogen (secondary N) is 2. The summed E-state index contributed by atoms with van der Waals surface area (Å²) in [4.78, 5) is 0. The largest absolute Gasteiger partial charge is 0.385 e. The Morgan fingerprint density at radius 1 is 1.33 bits per heavy atom. The SMILES string of the molecule is CCNC(=S)NCCCCOC. The van der Waals surface area contributed by atoms with Crippen molar-refractivity contribution >= 4 is 17.3 Å². The van der Waals surface area contributed by atoms with Crippen LogP contribution in [0.2, 0.25) is 0 Å². The van der Waals surface area contributed by atoms with E-state index in [1.54, 1.807) is 7.11 Å². The first-order chi connectivity index (χ1) is 5.81. The van der Waals surface area contributed by atoms with Crippen LogP contribution in [0.15, 0.2) is 0 Å². The molecule has 0 saturated carbocycles. The van der Waals surface area contributed by atoms with Gasteiger partial charge in [0.05, 0.1) is 0 Å². The van der Waals surface area contributed by atoms with Crippen LogP contribution in [-0.4, -0.2) is 31.9 Å². The summed E-state index contributed by atoms with van der Waals surface area (Å²) in [7, 11) is 1.72. The molecule has 4 heteroatoms. The van der Waals surface area contributed by atoms with E-state index in [0.29, 0.717) is 0 Å². The highest BCUT2D eigenvalue weighted by Gasteiger charge is 1.91. The van der Waals surface area contributed by atoms with Crippen molar-refractivity contribution in [2.75, 3.05) is 26.8 Å². The molecule has 0 aliphatic rings. The van der Waals surface area contributed by atoms with Crippen molar-refractivity contribution < 1.29 is 4.74 Å². The summed E-state index contributed by atoms with van der Waals surface area (Å²) in [5.41, 5.74) is 0. The highest BCUT2D eigenvalue weighted by molar-refractivity contribution is 7.80. The Kier molecular flexibility index (Phi) is 8.49. The van der Waals surface area contributed by atoms with Gasteiger partial charge < -0.3 is 15.4 Å². The number of hydrogen-bond donors (Lipinski definition) is 2. The molecule has 0 rings (SSSR count). The molecule has 0 atom stereocenters. The summed E-state index contributed by atoms with van der Waals surface area (Å²) in [6, 6.07) is 0. The molecule has 3 nitrogen and oxygen atoms in total. The molecule has 2 N–H and O–H groups in total. The van der Waals surface area contributed by atoms with Gasteiger partial charge in [-0.05, 0) is 32.0 Å². The molecule has 0 radical (unpaired) electrons. The van der Waals surface area contributed by atoms with E-state index in [4.69, 9.17) is 17.0 Å². The zero-order valence-electron chi connectivity index (χ0n) is 7.85. The summed E-state index contributed by atoms with van der Waals surface area (Å²) >= 11 is 4.98. The molecular weight excluding hydrogens is 172 g/mol. The maximum absolute atomic E-state index is 4.98. The summed E-state index contributed by atoms with van der Waals surface area (Å²) in [6.07, 6.45) is 2.18. The molecule has 12 heavy (non-hydrogen) atoms. The van der Waals surface area contributed by atoms with Gasteiger partial charge in [-0.2, -0.15) is 0 Å². The standard InChI is InChI=1S/C8H18N2OS/c1-3-9-8(12)10-6-4-5-7-11-2/h3-7H2,1-2H3,(H2,9,10,12). The lowest BCUT2D eigenvalue weighted by Crippen LogP contribution is -2.35. The molecule has 0 aromatic carbocycles. The van der Waals surface area contributed by atoms with Crippen molar-refractivity contribution in [2.24, 2.45) is 0 Å². The van der Waals surface area contributed by atoms with E-state index in [9.17, 15) is 0 Å². The predicted molar refractivity (Wildman–Crippen MR) is 55.4 cm³/mol. The van der Waals surface area contributed by atoms with Gasteiger partial charge in [-0.15, -0.1) is 0 Å². The van der Waals surface area contributed by atoms with Gasteiger partial charge >= 0.3 is 0 Å². The van der Waals surface area contributed by atoms with Crippen LogP contribution in [0.25, 0.3) is 0 Å². The van der Waals surface area contributed by atoms with Gasteiger partial charge in [-0.1, -0.05) is 0 Å². The van der Waals surface area contributed by atoms with E-state index in [2.05, 4.69) is 10.6 Å². The topological polar surface area (TPSA) is 33.3 Å². The molecule has 0 amide bonds. The summed E-state index contributed by atoms with van der Waals surface area (Å²) in [6.45, 7) is 4.66. The number of unbranched alkanes of at least 4 members (excludes halogenated alkanes) is 1. The molecule has 0 unspecified atom stereocenters. The minimum atomic E-state index is 0.745. The fraction of sp³-hybridized carbons (Fsp3) is 0.875. The highest BCUT2D eigenvalue weighted by atomic mass is 32.1. The molecular formula is C8H18N2OS. The first-order valence-electron chi connectivity index (χ1n) is 4.32. The third-order valence-corrected chi connectivity index (χ3v) is 1.69. The fourth-order valence-corrected chi connectivity index (χ4v) is 1.04. The van der Waals surface area contributed by atoms with Crippen LogP contribution >= 0.6 is 12.2 Å². The Labute approximate surface area is 79.9 Å². The van der Waals surface area contributed by atoms with E-state index in [1.807, 2.05) is 6.92 Å². The van der Waals surface area contributed by atoms with E-state index in [-0.39, 0.29) is 0 Å². The van der Waals surface area contributed by atoms with Gasteiger partial charge in [0.1, 0.15) is 0 Å². The maximum atomic E-state index is 4.98. The number of ether oxygens (including phenoxy) is 1. The zero-order chi connectivity index (χ0) is 9.23. The van der Waals surface area contributed by atoms with Crippen LogP contribution in [0.1, 0.15) is 19.8 Å². The smallest absolute Gasteiger partial charge is 0.166 e. The average Bonchev–Trinajstić information content (AvgIpc) is 2.05.